The minimum atomic E-state index is -0.564. The van der Waals surface area contributed by atoms with Gasteiger partial charge in [-0.05, 0) is 18.2 Å². The fraction of sp³-hybridized carbons (Fsp3) is 0. The summed E-state index contributed by atoms with van der Waals surface area (Å²) in [5.74, 6) is 5.84. The predicted molar refractivity (Wildman–Crippen MR) is 65.2 cm³/mol. The number of hydrogen-bond acceptors (Lipinski definition) is 6. The molecular formula is C11H10N4O3. The monoisotopic (exact) mass is 246 g/mol. The number of ether oxygens (including phenoxy) is 1. The lowest BCUT2D eigenvalue weighted by molar-refractivity contribution is -0.386. The molecule has 0 saturated carbocycles. The van der Waals surface area contributed by atoms with Gasteiger partial charge in [-0.15, -0.1) is 0 Å². The molecule has 0 amide bonds. The molecule has 1 aromatic carbocycles. The van der Waals surface area contributed by atoms with Crippen LogP contribution in [0.15, 0.2) is 42.5 Å². The largest absolute Gasteiger partial charge is 0.434 e. The lowest BCUT2D eigenvalue weighted by atomic mass is 10.3. The van der Waals surface area contributed by atoms with E-state index in [1.165, 1.54) is 12.1 Å². The number of benzene rings is 1. The molecular weight excluding hydrogens is 236 g/mol. The van der Waals surface area contributed by atoms with E-state index in [1.807, 2.05) is 6.07 Å². The Bertz CT molecular complexity index is 559. The number of nitrogen functional groups attached to an aromatic ring is 1. The number of nitrogens with one attached hydrogen (secondary N) is 1. The second-order valence-electron chi connectivity index (χ2n) is 3.34. The second kappa shape index (κ2) is 5.11. The van der Waals surface area contributed by atoms with Crippen LogP contribution in [-0.2, 0) is 0 Å². The maximum Gasteiger partial charge on any atom is 0.331 e. The lowest BCUT2D eigenvalue weighted by Crippen LogP contribution is -2.09. The Morgan fingerprint density at radius 3 is 2.56 bits per heavy atom. The fourth-order valence-electron chi connectivity index (χ4n) is 1.33. The number of hydrazine groups is 1. The van der Waals surface area contributed by atoms with Crippen LogP contribution in [-0.4, -0.2) is 9.91 Å². The van der Waals surface area contributed by atoms with Crippen LogP contribution >= 0.6 is 0 Å². The van der Waals surface area contributed by atoms with Crippen molar-refractivity contribution in [2.75, 3.05) is 5.43 Å². The van der Waals surface area contributed by atoms with Gasteiger partial charge in [0.25, 0.3) is 0 Å². The molecule has 0 bridgehead atoms. The molecule has 18 heavy (non-hydrogen) atoms. The number of aromatic nitrogens is 1. The third-order valence-electron chi connectivity index (χ3n) is 2.14. The van der Waals surface area contributed by atoms with E-state index < -0.39 is 4.92 Å². The Kier molecular flexibility index (Phi) is 3.35. The van der Waals surface area contributed by atoms with Crippen molar-refractivity contribution in [2.45, 2.75) is 0 Å². The zero-order valence-corrected chi connectivity index (χ0v) is 9.24. The molecule has 2 rings (SSSR count). The summed E-state index contributed by atoms with van der Waals surface area (Å²) < 4.78 is 5.36. The maximum absolute atomic E-state index is 10.8. The van der Waals surface area contributed by atoms with Gasteiger partial charge in [0.05, 0.1) is 4.92 Å². The van der Waals surface area contributed by atoms with Gasteiger partial charge in [0, 0.05) is 6.07 Å². The van der Waals surface area contributed by atoms with Gasteiger partial charge in [0.1, 0.15) is 11.6 Å². The Labute approximate surface area is 102 Å². The summed E-state index contributed by atoms with van der Waals surface area (Å²) in [7, 11) is 0. The minimum Gasteiger partial charge on any atom is -0.434 e. The highest BCUT2D eigenvalue weighted by molar-refractivity contribution is 5.49. The van der Waals surface area contributed by atoms with Crippen LogP contribution in [0.5, 0.6) is 11.6 Å². The van der Waals surface area contributed by atoms with Crippen LogP contribution in [0.25, 0.3) is 0 Å². The number of para-hydroxylation sites is 1. The van der Waals surface area contributed by atoms with E-state index in [1.54, 1.807) is 24.3 Å². The van der Waals surface area contributed by atoms with E-state index in [4.69, 9.17) is 10.6 Å². The van der Waals surface area contributed by atoms with Gasteiger partial charge in [0.2, 0.25) is 0 Å². The first-order valence-corrected chi connectivity index (χ1v) is 5.05. The van der Waals surface area contributed by atoms with Gasteiger partial charge in [-0.1, -0.05) is 18.2 Å². The molecule has 7 heteroatoms. The van der Waals surface area contributed by atoms with Crippen molar-refractivity contribution in [1.82, 2.24) is 4.98 Å². The summed E-state index contributed by atoms with van der Waals surface area (Å²) >= 11 is 0. The molecule has 0 saturated heterocycles. The molecule has 0 unspecified atom stereocenters. The number of rotatable bonds is 4. The molecule has 0 aliphatic carbocycles. The molecule has 0 spiro atoms. The predicted octanol–water partition coefficient (Wildman–Crippen LogP) is 2.07. The van der Waals surface area contributed by atoms with E-state index in [0.717, 1.165) is 0 Å². The smallest absolute Gasteiger partial charge is 0.331 e. The van der Waals surface area contributed by atoms with Gasteiger partial charge < -0.3 is 10.2 Å². The van der Waals surface area contributed by atoms with E-state index >= 15 is 0 Å². The Hall–Kier alpha value is -2.67. The average molecular weight is 246 g/mol. The lowest BCUT2D eigenvalue weighted by Gasteiger charge is -2.06. The van der Waals surface area contributed by atoms with Gasteiger partial charge in [-0.25, -0.2) is 5.84 Å². The first-order chi connectivity index (χ1) is 8.70. The number of nitrogens with zero attached hydrogens (tertiary/aromatic N) is 2. The van der Waals surface area contributed by atoms with E-state index in [2.05, 4.69) is 10.4 Å². The normalized spacial score (nSPS) is 9.83. The van der Waals surface area contributed by atoms with Crippen LogP contribution in [0.3, 0.4) is 0 Å². The number of nitrogens with two attached hydrogens (primary N) is 1. The summed E-state index contributed by atoms with van der Waals surface area (Å²) in [4.78, 5) is 14.2. The first-order valence-electron chi connectivity index (χ1n) is 5.05. The highest BCUT2D eigenvalue weighted by atomic mass is 16.6. The Morgan fingerprint density at radius 1 is 1.22 bits per heavy atom. The van der Waals surface area contributed by atoms with Crippen LogP contribution < -0.4 is 16.0 Å². The third-order valence-corrected chi connectivity index (χ3v) is 2.14. The number of nitro groups is 1. The van der Waals surface area contributed by atoms with E-state index in [9.17, 15) is 10.1 Å². The molecule has 2 aromatic rings. The molecule has 3 N–H and O–H groups in total. The molecule has 0 fully saturated rings. The topological polar surface area (TPSA) is 103 Å². The SMILES string of the molecule is NNc1ccc([N+](=O)[O-])c(Oc2ccccc2)n1. The van der Waals surface area contributed by atoms with Crippen molar-refractivity contribution in [3.05, 3.63) is 52.6 Å². The average Bonchev–Trinajstić information content (AvgIpc) is 2.39. The summed E-state index contributed by atoms with van der Waals surface area (Å²) in [6.07, 6.45) is 0. The Morgan fingerprint density at radius 2 is 1.94 bits per heavy atom. The molecule has 1 heterocycles. The molecule has 92 valence electrons. The molecule has 0 atom stereocenters. The fourth-order valence-corrected chi connectivity index (χ4v) is 1.33. The van der Waals surface area contributed by atoms with Gasteiger partial charge in [-0.3, -0.25) is 10.1 Å². The van der Waals surface area contributed by atoms with Gasteiger partial charge >= 0.3 is 11.6 Å². The van der Waals surface area contributed by atoms with Crippen LogP contribution in [0, 0.1) is 10.1 Å². The van der Waals surface area contributed by atoms with Gasteiger partial charge in [-0.2, -0.15) is 4.98 Å². The highest BCUT2D eigenvalue weighted by Crippen LogP contribution is 2.30. The quantitative estimate of drug-likeness (QED) is 0.486. The number of hydrogen-bond donors (Lipinski definition) is 2. The van der Waals surface area contributed by atoms with E-state index in [0.29, 0.717) is 5.75 Å². The zero-order valence-electron chi connectivity index (χ0n) is 9.24. The third kappa shape index (κ3) is 2.53. The zero-order chi connectivity index (χ0) is 13.0. The van der Waals surface area contributed by atoms with Crippen molar-refractivity contribution in [3.63, 3.8) is 0 Å². The summed E-state index contributed by atoms with van der Waals surface area (Å²) in [5, 5.41) is 10.8. The minimum absolute atomic E-state index is 0.110. The van der Waals surface area contributed by atoms with Crippen LogP contribution in [0.2, 0.25) is 0 Å². The summed E-state index contributed by atoms with van der Waals surface area (Å²) in [6.45, 7) is 0. The molecule has 0 aliphatic heterocycles. The van der Waals surface area contributed by atoms with Crippen LogP contribution in [0.4, 0.5) is 11.5 Å². The molecule has 0 aliphatic rings. The van der Waals surface area contributed by atoms with Crippen molar-refractivity contribution in [2.24, 2.45) is 5.84 Å². The first kappa shape index (κ1) is 11.8. The van der Waals surface area contributed by atoms with E-state index in [-0.39, 0.29) is 17.4 Å². The summed E-state index contributed by atoms with van der Waals surface area (Å²) in [5.41, 5.74) is 2.08. The van der Waals surface area contributed by atoms with Crippen LogP contribution in [0.1, 0.15) is 0 Å². The van der Waals surface area contributed by atoms with Crippen molar-refractivity contribution >= 4 is 11.5 Å². The van der Waals surface area contributed by atoms with Gasteiger partial charge in [0.15, 0.2) is 0 Å². The van der Waals surface area contributed by atoms with Crippen molar-refractivity contribution in [1.29, 1.82) is 0 Å². The number of pyridine rings is 1. The Balaban J connectivity index is 2.38. The molecule has 1 aromatic heterocycles. The molecule has 7 nitrogen and oxygen atoms in total. The second-order valence-corrected chi connectivity index (χ2v) is 3.34. The number of anilines is 1. The maximum atomic E-state index is 10.8. The van der Waals surface area contributed by atoms with Crippen molar-refractivity contribution < 1.29 is 9.66 Å². The standard InChI is InChI=1S/C11H10N4O3/c12-14-10-7-6-9(15(16)17)11(13-10)18-8-4-2-1-3-5-8/h1-7H,12H2,(H,13,14). The van der Waals surface area contributed by atoms with Crippen molar-refractivity contribution in [3.8, 4) is 11.6 Å². The highest BCUT2D eigenvalue weighted by Gasteiger charge is 2.18. The summed E-state index contributed by atoms with van der Waals surface area (Å²) in [6, 6.07) is 11.4. The molecule has 0 radical (unpaired) electrons.